The third kappa shape index (κ3) is 5.86. The van der Waals surface area contributed by atoms with E-state index in [4.69, 9.17) is 24.1 Å². The molecule has 0 unspecified atom stereocenters. The summed E-state index contributed by atoms with van der Waals surface area (Å²) >= 11 is 0. The summed E-state index contributed by atoms with van der Waals surface area (Å²) in [6.45, 7) is 4.71. The number of carbonyl (C=O) groups excluding carboxylic acids is 1. The van der Waals surface area contributed by atoms with Gasteiger partial charge in [-0.15, -0.1) is 6.58 Å². The van der Waals surface area contributed by atoms with Gasteiger partial charge in [0, 0.05) is 37.1 Å². The van der Waals surface area contributed by atoms with Gasteiger partial charge in [0.2, 0.25) is 5.90 Å². The molecule has 0 fully saturated rings. The zero-order chi connectivity index (χ0) is 24.4. The van der Waals surface area contributed by atoms with Crippen molar-refractivity contribution in [3.63, 3.8) is 0 Å². The van der Waals surface area contributed by atoms with Crippen molar-refractivity contribution < 1.29 is 28.8 Å². The van der Waals surface area contributed by atoms with Crippen molar-refractivity contribution in [1.82, 2.24) is 10.9 Å². The van der Waals surface area contributed by atoms with Crippen LogP contribution in [0.5, 0.6) is 17.2 Å². The molecule has 2 aromatic carbocycles. The van der Waals surface area contributed by atoms with Crippen LogP contribution >= 0.6 is 0 Å². The molecule has 0 aromatic heterocycles. The number of nitrogens with zero attached hydrogens (tertiary/aromatic N) is 1. The normalized spacial score (nSPS) is 16.9. The molecule has 182 valence electrons. The second-order valence-electron chi connectivity index (χ2n) is 7.64. The largest absolute Gasteiger partial charge is 0.494 e. The molecular weight excluding hydrogens is 438 g/mol. The maximum Gasteiger partial charge on any atom is 0.266 e. The highest BCUT2D eigenvalue weighted by atomic mass is 16.5. The summed E-state index contributed by atoms with van der Waals surface area (Å²) in [5.74, 6) is 1.95. The molecule has 1 heterocycles. The van der Waals surface area contributed by atoms with Crippen LogP contribution in [0.25, 0.3) is 0 Å². The van der Waals surface area contributed by atoms with Crippen LogP contribution < -0.4 is 25.1 Å². The number of amides is 1. The topological polar surface area (TPSA) is 111 Å². The molecule has 0 aliphatic carbocycles. The molecule has 0 radical (unpaired) electrons. The van der Waals surface area contributed by atoms with Crippen molar-refractivity contribution in [3.05, 3.63) is 66.2 Å². The first-order valence-corrected chi connectivity index (χ1v) is 11.0. The van der Waals surface area contributed by atoms with E-state index in [1.54, 1.807) is 38.5 Å². The van der Waals surface area contributed by atoms with E-state index in [9.17, 15) is 4.79 Å². The van der Waals surface area contributed by atoms with Crippen LogP contribution in [0.1, 0.15) is 24.0 Å². The van der Waals surface area contributed by atoms with Crippen LogP contribution in [-0.4, -0.2) is 56.5 Å². The fraction of sp³-hybridized carbons (Fsp3) is 0.360. The van der Waals surface area contributed by atoms with Crippen molar-refractivity contribution >= 4 is 11.8 Å². The standard InChI is InChI=1S/C25H31N3O6/c1-4-13-25(24(30)28-26-16-19-7-5-8-21(31-2)22(19)32-3)17-34-23(27-25)18-9-11-20(12-10-18)33-15-6-14-29/h4-5,7-12,26,29H,1,6,13-17H2,2-3H3,(H,28,30)/t25-/m0/s1. The van der Waals surface area contributed by atoms with E-state index < -0.39 is 5.54 Å². The molecule has 9 heteroatoms. The maximum absolute atomic E-state index is 13.1. The van der Waals surface area contributed by atoms with Crippen LogP contribution in [0.15, 0.2) is 60.1 Å². The van der Waals surface area contributed by atoms with Gasteiger partial charge in [0.05, 0.1) is 20.8 Å². The number of para-hydroxylation sites is 1. The predicted molar refractivity (Wildman–Crippen MR) is 128 cm³/mol. The molecule has 1 atom stereocenters. The van der Waals surface area contributed by atoms with Gasteiger partial charge in [-0.1, -0.05) is 18.2 Å². The molecule has 1 aliphatic rings. The summed E-state index contributed by atoms with van der Waals surface area (Å²) < 4.78 is 22.1. The second-order valence-corrected chi connectivity index (χ2v) is 7.64. The highest BCUT2D eigenvalue weighted by Gasteiger charge is 2.43. The van der Waals surface area contributed by atoms with E-state index in [2.05, 4.69) is 22.4 Å². The van der Waals surface area contributed by atoms with Crippen molar-refractivity contribution in [2.45, 2.75) is 24.9 Å². The van der Waals surface area contributed by atoms with Crippen molar-refractivity contribution in [1.29, 1.82) is 0 Å². The molecule has 3 rings (SSSR count). The number of hydrazine groups is 1. The number of ether oxygens (including phenoxy) is 4. The maximum atomic E-state index is 13.1. The number of aliphatic imine (C=N–C) groups is 1. The Labute approximate surface area is 199 Å². The Balaban J connectivity index is 1.66. The lowest BCUT2D eigenvalue weighted by atomic mass is 9.97. The lowest BCUT2D eigenvalue weighted by molar-refractivity contribution is -0.127. The van der Waals surface area contributed by atoms with Gasteiger partial charge in [-0.05, 0) is 30.3 Å². The summed E-state index contributed by atoms with van der Waals surface area (Å²) in [5, 5.41) is 8.86. The van der Waals surface area contributed by atoms with Crippen molar-refractivity contribution in [2.75, 3.05) is 34.0 Å². The van der Waals surface area contributed by atoms with Crippen LogP contribution in [0.4, 0.5) is 0 Å². The monoisotopic (exact) mass is 469 g/mol. The van der Waals surface area contributed by atoms with E-state index in [1.165, 1.54) is 0 Å². The van der Waals surface area contributed by atoms with E-state index in [0.717, 1.165) is 11.1 Å². The van der Waals surface area contributed by atoms with Gasteiger partial charge in [0.25, 0.3) is 5.91 Å². The SMILES string of the molecule is C=CC[C@@]1(C(=O)NNCc2cccc(OC)c2OC)COC(c2ccc(OCCCO)cc2)=N1. The highest BCUT2D eigenvalue weighted by Crippen LogP contribution is 2.30. The Kier molecular flexibility index (Phi) is 8.89. The average molecular weight is 470 g/mol. The summed E-state index contributed by atoms with van der Waals surface area (Å²) in [4.78, 5) is 17.7. The van der Waals surface area contributed by atoms with Gasteiger partial charge in [-0.25, -0.2) is 10.4 Å². The molecule has 3 N–H and O–H groups in total. The lowest BCUT2D eigenvalue weighted by Gasteiger charge is -2.22. The average Bonchev–Trinajstić information content (AvgIpc) is 3.30. The Morgan fingerprint density at radius 3 is 2.71 bits per heavy atom. The fourth-order valence-electron chi connectivity index (χ4n) is 3.52. The summed E-state index contributed by atoms with van der Waals surface area (Å²) in [5.41, 5.74) is 6.12. The summed E-state index contributed by atoms with van der Waals surface area (Å²) in [6, 6.07) is 12.8. The first-order valence-electron chi connectivity index (χ1n) is 11.0. The van der Waals surface area contributed by atoms with Gasteiger partial charge < -0.3 is 24.1 Å². The zero-order valence-corrected chi connectivity index (χ0v) is 19.5. The molecule has 1 aliphatic heterocycles. The van der Waals surface area contributed by atoms with E-state index >= 15 is 0 Å². The summed E-state index contributed by atoms with van der Waals surface area (Å²) in [7, 11) is 3.14. The minimum Gasteiger partial charge on any atom is -0.494 e. The third-order valence-corrected chi connectivity index (χ3v) is 5.31. The lowest BCUT2D eigenvalue weighted by Crippen LogP contribution is -2.51. The van der Waals surface area contributed by atoms with E-state index in [-0.39, 0.29) is 19.1 Å². The number of benzene rings is 2. The summed E-state index contributed by atoms with van der Waals surface area (Å²) in [6.07, 6.45) is 2.53. The molecule has 0 saturated carbocycles. The predicted octanol–water partition coefficient (Wildman–Crippen LogP) is 2.38. The Hall–Kier alpha value is -3.56. The smallest absolute Gasteiger partial charge is 0.266 e. The first kappa shape index (κ1) is 25.1. The molecule has 0 spiro atoms. The van der Waals surface area contributed by atoms with Crippen LogP contribution in [0, 0.1) is 0 Å². The second kappa shape index (κ2) is 12.1. The van der Waals surface area contributed by atoms with E-state index in [0.29, 0.717) is 49.1 Å². The molecule has 0 saturated heterocycles. The number of hydrogen-bond acceptors (Lipinski definition) is 8. The number of carbonyl (C=O) groups is 1. The number of hydrogen-bond donors (Lipinski definition) is 3. The number of aliphatic hydroxyl groups is 1. The van der Waals surface area contributed by atoms with Gasteiger partial charge in [0.1, 0.15) is 12.4 Å². The number of aliphatic hydroxyl groups excluding tert-OH is 1. The van der Waals surface area contributed by atoms with Gasteiger partial charge >= 0.3 is 0 Å². The first-order chi connectivity index (χ1) is 16.6. The molecule has 0 bridgehead atoms. The van der Waals surface area contributed by atoms with E-state index in [1.807, 2.05) is 24.3 Å². The van der Waals surface area contributed by atoms with Crippen molar-refractivity contribution in [2.24, 2.45) is 4.99 Å². The molecule has 9 nitrogen and oxygen atoms in total. The molecule has 1 amide bonds. The number of nitrogens with one attached hydrogen (secondary N) is 2. The van der Waals surface area contributed by atoms with Gasteiger partial charge in [-0.3, -0.25) is 10.2 Å². The van der Waals surface area contributed by atoms with Crippen molar-refractivity contribution in [3.8, 4) is 17.2 Å². The Morgan fingerprint density at radius 1 is 1.24 bits per heavy atom. The quantitative estimate of drug-likeness (QED) is 0.235. The highest BCUT2D eigenvalue weighted by molar-refractivity contribution is 6.00. The minimum atomic E-state index is -1.13. The fourth-order valence-corrected chi connectivity index (χ4v) is 3.52. The van der Waals surface area contributed by atoms with Crippen LogP contribution in [0.2, 0.25) is 0 Å². The Morgan fingerprint density at radius 2 is 2.03 bits per heavy atom. The molecule has 34 heavy (non-hydrogen) atoms. The van der Waals surface area contributed by atoms with Crippen LogP contribution in [0.3, 0.4) is 0 Å². The minimum absolute atomic E-state index is 0.0815. The zero-order valence-electron chi connectivity index (χ0n) is 19.5. The molecular formula is C25H31N3O6. The van der Waals surface area contributed by atoms with Gasteiger partial charge in [0.15, 0.2) is 17.0 Å². The third-order valence-electron chi connectivity index (χ3n) is 5.31. The number of methoxy groups -OCH3 is 2. The van der Waals surface area contributed by atoms with Gasteiger partial charge in [-0.2, -0.15) is 0 Å². The molecule has 2 aromatic rings. The number of rotatable bonds is 13. The van der Waals surface area contributed by atoms with Crippen LogP contribution in [-0.2, 0) is 16.1 Å². The Bertz CT molecular complexity index is 1010.